The van der Waals surface area contributed by atoms with Crippen molar-refractivity contribution in [3.63, 3.8) is 0 Å². The Morgan fingerprint density at radius 1 is 0.211 bits per heavy atom. The summed E-state index contributed by atoms with van der Waals surface area (Å²) in [4.78, 5) is 1.38. The van der Waals surface area contributed by atoms with Crippen molar-refractivity contribution in [1.29, 1.82) is 0 Å². The van der Waals surface area contributed by atoms with Gasteiger partial charge in [0.05, 0.1) is 6.26 Å². The fraction of sp³-hybridized carbons (Fsp3) is 0.353. The summed E-state index contributed by atoms with van der Waals surface area (Å²) in [6.07, 6.45) is 19.2. The molecule has 1 nitrogen and oxygen atoms in total. The van der Waals surface area contributed by atoms with Crippen LogP contribution in [0.2, 0.25) is 0 Å². The molecule has 0 N–H and O–H groups in total. The number of aryl methyl sites for hydroxylation is 8. The standard InChI is InChI=1S/5C15H12.C13H10.C5H6O.C5H6S.3C5H12.2C4H10.9C2H6.Y/c1-11-10-12-6-2-3-8-14(12)15-9-5-4-7-13(11)15;2*1-11-5-4-8-14-9-12-6-2-3-7-13(12)10-15(11)14;1-11-6-9-15-13(10-11)8-7-12-4-2-3-5-14(12)15;1-11-6-7-14-9-12-4-2-3-5-13(12)10-15(14)8-11;1-11-7-9-13(10-8-11)12-5-3-2-4-6-12;2*1-5-3-2-4-6-5;3*1-3-5-4-2;2*1-3-4-2;9*1-2;/h5*2-10H,1H3;2-5,7-9H,1H3;2*2-4H,1H3;3*3-5H2,1-2H3;2*3-4H2,1-2H3;9*1-2H3;/q;;;;;-2;;;;;;;;;;;;;;;;;. The molecule has 19 rings (SSSR count). The van der Waals surface area contributed by atoms with Crippen LogP contribution in [-0.4, -0.2) is 0 Å². The van der Waals surface area contributed by atoms with Crippen molar-refractivity contribution >= 4 is 119 Å². The molecule has 0 saturated heterocycles. The number of rotatable bonds is 9. The van der Waals surface area contributed by atoms with Crippen molar-refractivity contribution < 1.29 is 37.1 Å². The number of hydrogen-bond acceptors (Lipinski definition) is 2. The second kappa shape index (κ2) is 91.6. The quantitative estimate of drug-likeness (QED) is 0.0797. The minimum atomic E-state index is 0. The van der Waals surface area contributed by atoms with Gasteiger partial charge >= 0.3 is 0 Å². The molecule has 17 aromatic carbocycles. The summed E-state index contributed by atoms with van der Waals surface area (Å²) in [5.74, 6) is 0.968. The van der Waals surface area contributed by atoms with E-state index < -0.39 is 0 Å². The predicted octanol–water partition coefficient (Wildman–Crippen LogP) is 47.8. The number of furan rings is 1. The fourth-order valence-electron chi connectivity index (χ4n) is 13.7. The number of thiophene rings is 1. The summed E-state index contributed by atoms with van der Waals surface area (Å²) < 4.78 is 4.83. The third-order valence-corrected chi connectivity index (χ3v) is 21.9. The normalized spacial score (nSPS) is 9.15. The van der Waals surface area contributed by atoms with E-state index in [0.717, 1.165) is 16.9 Å². The van der Waals surface area contributed by atoms with E-state index >= 15 is 0 Å². The molecule has 0 aliphatic heterocycles. The Bertz CT molecular complexity index is 5920. The van der Waals surface area contributed by atoms with Gasteiger partial charge in [-0.05, 0) is 233 Å². The topological polar surface area (TPSA) is 13.1 Å². The van der Waals surface area contributed by atoms with Gasteiger partial charge < -0.3 is 4.42 Å². The van der Waals surface area contributed by atoms with E-state index in [-0.39, 0.29) is 32.7 Å². The largest absolute Gasteiger partial charge is 0.470 e. The summed E-state index contributed by atoms with van der Waals surface area (Å²) in [6.45, 7) is 74.8. The Morgan fingerprint density at radius 2 is 0.528 bits per heavy atom. The summed E-state index contributed by atoms with van der Waals surface area (Å²) in [7, 11) is 0. The molecule has 2 heterocycles. The summed E-state index contributed by atoms with van der Waals surface area (Å²) >= 11 is 1.78. The Labute approximate surface area is 900 Å². The number of hydrogen-bond donors (Lipinski definition) is 0. The van der Waals surface area contributed by atoms with Crippen LogP contribution >= 0.6 is 11.3 Å². The molecule has 765 valence electrons. The molecule has 0 amide bonds. The predicted molar refractivity (Wildman–Crippen MR) is 657 cm³/mol. The van der Waals surface area contributed by atoms with Crippen molar-refractivity contribution in [3.8, 4) is 11.1 Å². The van der Waals surface area contributed by atoms with Crippen LogP contribution < -0.4 is 0 Å². The molecule has 0 fully saturated rings. The number of fused-ring (bicyclic) bond motifs is 12. The first-order chi connectivity index (χ1) is 68.9. The van der Waals surface area contributed by atoms with Gasteiger partial charge in [-0.15, -0.1) is 23.0 Å². The smallest absolute Gasteiger partial charge is 0.100 e. The van der Waals surface area contributed by atoms with Gasteiger partial charge in [0.25, 0.3) is 0 Å². The van der Waals surface area contributed by atoms with Crippen molar-refractivity contribution in [2.45, 2.75) is 333 Å². The molecule has 0 aliphatic rings. The van der Waals surface area contributed by atoms with Gasteiger partial charge in [0, 0.05) is 37.6 Å². The first-order valence-corrected chi connectivity index (χ1v) is 55.2. The zero-order valence-corrected chi connectivity index (χ0v) is 99.7. The average molecular weight is 2000 g/mol. The average Bonchev–Trinajstić information content (AvgIpc) is 0.851. The second-order valence-electron chi connectivity index (χ2n) is 31.6. The van der Waals surface area contributed by atoms with Crippen LogP contribution in [0.5, 0.6) is 0 Å². The van der Waals surface area contributed by atoms with E-state index in [9.17, 15) is 0 Å². The molecule has 142 heavy (non-hydrogen) atoms. The SMILES string of the molecule is CC.CC.CC.CC.CC.CC.CC.CC.CC.CCCC.CCCC.CCCCC.CCCCC.CCCCC.Cc1c[c-]c(-c2[c-]cccc2)cc1.Cc1cc2ccccc2c2ccccc12.Cc1ccc2c(ccc3ccccc32)c1.Cc1ccc2cc3ccccc3cc2c1.Cc1cccc2cc3ccccc3cc12.Cc1cccc2cc3ccccc3cc12.Cc1ccco1.Cc1cccs1.[Y]. The van der Waals surface area contributed by atoms with Gasteiger partial charge in [0.1, 0.15) is 5.76 Å². The van der Waals surface area contributed by atoms with E-state index in [4.69, 9.17) is 4.42 Å². The summed E-state index contributed by atoms with van der Waals surface area (Å²) in [5.41, 5.74) is 10.1. The van der Waals surface area contributed by atoms with E-state index in [2.05, 4.69) is 432 Å². The number of benzene rings is 17. The molecular weight excluding hydrogens is 1810 g/mol. The molecule has 0 atom stereocenters. The van der Waals surface area contributed by atoms with Crippen LogP contribution in [0.3, 0.4) is 0 Å². The van der Waals surface area contributed by atoms with Crippen molar-refractivity contribution in [2.24, 2.45) is 0 Å². The molecule has 0 saturated carbocycles. The number of unbranched alkanes of at least 4 members (excludes halogenated alkanes) is 8. The van der Waals surface area contributed by atoms with E-state index in [1.165, 1.54) is 229 Å². The zero-order chi connectivity index (χ0) is 106. The van der Waals surface area contributed by atoms with Crippen LogP contribution in [0.4, 0.5) is 0 Å². The molecule has 0 spiro atoms. The maximum atomic E-state index is 4.83. The minimum absolute atomic E-state index is 0. The fourth-order valence-corrected chi connectivity index (χ4v) is 14.2. The van der Waals surface area contributed by atoms with Gasteiger partial charge in [-0.25, -0.2) is 11.1 Å². The molecular formula is C139H192OSY-2. The van der Waals surface area contributed by atoms with Crippen molar-refractivity contribution in [3.05, 3.63) is 408 Å². The minimum Gasteiger partial charge on any atom is -0.470 e. The molecule has 2 aromatic heterocycles. The third kappa shape index (κ3) is 54.2. The first-order valence-electron chi connectivity index (χ1n) is 54.3. The van der Waals surface area contributed by atoms with Crippen LogP contribution in [0, 0.1) is 67.5 Å². The molecule has 0 bridgehead atoms. The van der Waals surface area contributed by atoms with Gasteiger partial charge in [-0.3, -0.25) is 0 Å². The van der Waals surface area contributed by atoms with Gasteiger partial charge in [0.15, 0.2) is 0 Å². The summed E-state index contributed by atoms with van der Waals surface area (Å²) in [5, 5.41) is 28.7. The van der Waals surface area contributed by atoms with E-state index in [1.807, 2.05) is 174 Å². The Morgan fingerprint density at radius 3 is 0.887 bits per heavy atom. The molecule has 19 aromatic rings. The summed E-state index contributed by atoms with van der Waals surface area (Å²) in [6, 6.07) is 126. The van der Waals surface area contributed by atoms with Crippen molar-refractivity contribution in [2.75, 3.05) is 0 Å². The monoisotopic (exact) mass is 2000 g/mol. The third-order valence-electron chi connectivity index (χ3n) is 21.1. The Hall–Kier alpha value is -10.6. The van der Waals surface area contributed by atoms with Gasteiger partial charge in [-0.2, -0.15) is 48.5 Å². The van der Waals surface area contributed by atoms with Crippen LogP contribution in [-0.2, 0) is 32.7 Å². The Balaban J connectivity index is -0.000000732. The first kappa shape index (κ1) is 138. The van der Waals surface area contributed by atoms with Gasteiger partial charge in [-0.1, -0.05) is 538 Å². The van der Waals surface area contributed by atoms with Crippen LogP contribution in [0.15, 0.2) is 356 Å². The molecule has 3 heteroatoms. The van der Waals surface area contributed by atoms with E-state index in [0.29, 0.717) is 0 Å². The van der Waals surface area contributed by atoms with Gasteiger partial charge in [0.2, 0.25) is 0 Å². The van der Waals surface area contributed by atoms with Crippen LogP contribution in [0.25, 0.3) is 119 Å². The van der Waals surface area contributed by atoms with Crippen LogP contribution in [0.1, 0.15) is 321 Å². The maximum absolute atomic E-state index is 4.83. The molecule has 1 radical (unpaired) electrons. The zero-order valence-electron chi connectivity index (χ0n) is 96.1. The maximum Gasteiger partial charge on any atom is 0.100 e. The Kier molecular flexibility index (Phi) is 88.8. The molecule has 0 unspecified atom stereocenters. The van der Waals surface area contributed by atoms with E-state index in [1.54, 1.807) is 17.6 Å². The second-order valence-corrected chi connectivity index (χ2v) is 32.7. The van der Waals surface area contributed by atoms with Crippen molar-refractivity contribution in [1.82, 2.24) is 0 Å². The molecule has 0 aliphatic carbocycles.